The summed E-state index contributed by atoms with van der Waals surface area (Å²) >= 11 is 0. The van der Waals surface area contributed by atoms with Gasteiger partial charge < -0.3 is 10.5 Å². The van der Waals surface area contributed by atoms with Crippen LogP contribution in [0.2, 0.25) is 0 Å². The van der Waals surface area contributed by atoms with E-state index in [0.717, 1.165) is 6.07 Å². The summed E-state index contributed by atoms with van der Waals surface area (Å²) in [7, 11) is 0. The van der Waals surface area contributed by atoms with Crippen LogP contribution < -0.4 is 10.5 Å². The van der Waals surface area contributed by atoms with Gasteiger partial charge in [0, 0.05) is 12.1 Å². The lowest BCUT2D eigenvalue weighted by Crippen LogP contribution is -2.41. The van der Waals surface area contributed by atoms with Gasteiger partial charge in [-0.05, 0) is 6.07 Å². The Hall–Kier alpha value is -1.23. The second kappa shape index (κ2) is 4.85. The van der Waals surface area contributed by atoms with E-state index in [-0.39, 0.29) is 5.75 Å². The molecule has 0 aromatic heterocycles. The molecule has 0 saturated carbocycles. The molecular weight excluding hydrogens is 195 g/mol. The Morgan fingerprint density at radius 2 is 1.93 bits per heavy atom. The average Bonchev–Trinajstić information content (AvgIpc) is 2.19. The van der Waals surface area contributed by atoms with E-state index < -0.39 is 25.3 Å². The van der Waals surface area contributed by atoms with Crippen LogP contribution in [0.5, 0.6) is 5.75 Å². The molecule has 0 saturated heterocycles. The lowest BCUT2D eigenvalue weighted by Gasteiger charge is -2.12. The van der Waals surface area contributed by atoms with Gasteiger partial charge in [-0.15, -0.1) is 0 Å². The molecule has 0 aliphatic rings. The van der Waals surface area contributed by atoms with Gasteiger partial charge in [0.15, 0.2) is 17.5 Å². The SMILES string of the molecule is [NH3+]c1ccc(F)cc1OC(CF)CF. The highest BCUT2D eigenvalue weighted by molar-refractivity contribution is 5.44. The number of rotatable bonds is 4. The van der Waals surface area contributed by atoms with Gasteiger partial charge in [-0.1, -0.05) is 0 Å². The van der Waals surface area contributed by atoms with E-state index in [0.29, 0.717) is 5.69 Å². The molecule has 0 radical (unpaired) electrons. The molecule has 0 atom stereocenters. The summed E-state index contributed by atoms with van der Waals surface area (Å²) in [6.07, 6.45) is -1.18. The minimum Gasteiger partial charge on any atom is -0.479 e. The standard InChI is InChI=1S/C9H10F3NO/c10-4-7(5-11)14-9-3-6(12)1-2-8(9)13/h1-3,7H,4-5,13H2/p+1. The van der Waals surface area contributed by atoms with Crippen LogP contribution in [0.3, 0.4) is 0 Å². The number of halogens is 3. The largest absolute Gasteiger partial charge is 0.479 e. The number of quaternary nitrogens is 1. The van der Waals surface area contributed by atoms with E-state index in [1.165, 1.54) is 12.1 Å². The van der Waals surface area contributed by atoms with Crippen molar-refractivity contribution >= 4 is 5.69 Å². The molecule has 0 bridgehead atoms. The highest BCUT2D eigenvalue weighted by Gasteiger charge is 2.13. The van der Waals surface area contributed by atoms with Crippen molar-refractivity contribution in [2.24, 2.45) is 0 Å². The van der Waals surface area contributed by atoms with Crippen molar-refractivity contribution in [3.63, 3.8) is 0 Å². The van der Waals surface area contributed by atoms with Crippen LogP contribution in [0.4, 0.5) is 18.9 Å². The summed E-state index contributed by atoms with van der Waals surface area (Å²) in [6.45, 7) is -1.90. The van der Waals surface area contributed by atoms with Crippen LogP contribution in [0.25, 0.3) is 0 Å². The van der Waals surface area contributed by atoms with E-state index in [9.17, 15) is 13.2 Å². The summed E-state index contributed by atoms with van der Waals surface area (Å²) in [5.74, 6) is -0.450. The zero-order chi connectivity index (χ0) is 10.6. The summed E-state index contributed by atoms with van der Waals surface area (Å²) in [4.78, 5) is 0. The monoisotopic (exact) mass is 206 g/mol. The van der Waals surface area contributed by atoms with Crippen LogP contribution >= 0.6 is 0 Å². The molecule has 1 aromatic rings. The van der Waals surface area contributed by atoms with Crippen molar-refractivity contribution in [2.75, 3.05) is 13.3 Å². The van der Waals surface area contributed by atoms with Gasteiger partial charge in [0.25, 0.3) is 0 Å². The minimum atomic E-state index is -1.18. The number of ether oxygens (including phenoxy) is 1. The molecule has 5 heteroatoms. The highest BCUT2D eigenvalue weighted by atomic mass is 19.1. The van der Waals surface area contributed by atoms with Crippen molar-refractivity contribution in [3.05, 3.63) is 24.0 Å². The lowest BCUT2D eigenvalue weighted by atomic mass is 10.3. The number of alkyl halides is 2. The second-order valence-corrected chi connectivity index (χ2v) is 2.80. The maximum Gasteiger partial charge on any atom is 0.183 e. The Kier molecular flexibility index (Phi) is 3.76. The lowest BCUT2D eigenvalue weighted by molar-refractivity contribution is -0.257. The van der Waals surface area contributed by atoms with Gasteiger partial charge >= 0.3 is 0 Å². The summed E-state index contributed by atoms with van der Waals surface area (Å²) < 4.78 is 41.8. The zero-order valence-electron chi connectivity index (χ0n) is 7.47. The quantitative estimate of drug-likeness (QED) is 0.794. The van der Waals surface area contributed by atoms with E-state index in [1.807, 2.05) is 0 Å². The van der Waals surface area contributed by atoms with Gasteiger partial charge in [-0.3, -0.25) is 0 Å². The van der Waals surface area contributed by atoms with Gasteiger partial charge in [0.1, 0.15) is 19.2 Å². The van der Waals surface area contributed by atoms with Crippen LogP contribution in [-0.2, 0) is 0 Å². The summed E-state index contributed by atoms with van der Waals surface area (Å²) in [5, 5.41) is 0. The molecule has 0 aliphatic heterocycles. The fourth-order valence-corrected chi connectivity index (χ4v) is 0.922. The molecule has 0 fully saturated rings. The molecule has 1 aromatic carbocycles. The number of hydrogen-bond acceptors (Lipinski definition) is 1. The first-order valence-corrected chi connectivity index (χ1v) is 4.07. The molecule has 0 amide bonds. The van der Waals surface area contributed by atoms with Crippen molar-refractivity contribution in [2.45, 2.75) is 6.10 Å². The Labute approximate surface area is 79.5 Å². The smallest absolute Gasteiger partial charge is 0.183 e. The molecule has 0 heterocycles. The maximum atomic E-state index is 12.7. The van der Waals surface area contributed by atoms with Crippen LogP contribution in [-0.4, -0.2) is 19.5 Å². The van der Waals surface area contributed by atoms with Crippen LogP contribution in [0.15, 0.2) is 18.2 Å². The molecule has 3 N–H and O–H groups in total. The molecule has 0 unspecified atom stereocenters. The minimum absolute atomic E-state index is 0.0744. The fraction of sp³-hybridized carbons (Fsp3) is 0.333. The maximum absolute atomic E-state index is 12.7. The molecule has 14 heavy (non-hydrogen) atoms. The Balaban J connectivity index is 2.79. The van der Waals surface area contributed by atoms with Crippen LogP contribution in [0, 0.1) is 5.82 Å². The summed E-state index contributed by atoms with van der Waals surface area (Å²) in [6, 6.07) is 3.65. The number of benzene rings is 1. The van der Waals surface area contributed by atoms with Crippen molar-refractivity contribution in [1.29, 1.82) is 0 Å². The third-order valence-corrected chi connectivity index (χ3v) is 1.67. The highest BCUT2D eigenvalue weighted by Crippen LogP contribution is 2.21. The van der Waals surface area contributed by atoms with E-state index >= 15 is 0 Å². The topological polar surface area (TPSA) is 36.9 Å². The predicted octanol–water partition coefficient (Wildman–Crippen LogP) is 1.39. The second-order valence-electron chi connectivity index (χ2n) is 2.80. The molecule has 0 spiro atoms. The fourth-order valence-electron chi connectivity index (χ4n) is 0.922. The van der Waals surface area contributed by atoms with E-state index in [2.05, 4.69) is 5.73 Å². The van der Waals surface area contributed by atoms with E-state index in [4.69, 9.17) is 4.74 Å². The van der Waals surface area contributed by atoms with Gasteiger partial charge in [-0.25, -0.2) is 13.2 Å². The van der Waals surface area contributed by atoms with E-state index in [1.54, 1.807) is 0 Å². The van der Waals surface area contributed by atoms with Crippen molar-refractivity contribution in [3.8, 4) is 5.75 Å². The third kappa shape index (κ3) is 2.63. The Morgan fingerprint density at radius 3 is 2.50 bits per heavy atom. The molecule has 78 valence electrons. The summed E-state index contributed by atoms with van der Waals surface area (Å²) in [5.41, 5.74) is 3.95. The predicted molar refractivity (Wildman–Crippen MR) is 45.3 cm³/mol. The molecule has 2 nitrogen and oxygen atoms in total. The third-order valence-electron chi connectivity index (χ3n) is 1.67. The normalized spacial score (nSPS) is 10.6. The molecular formula is C9H11F3NO+. The average molecular weight is 206 g/mol. The van der Waals surface area contributed by atoms with Crippen LogP contribution in [0.1, 0.15) is 0 Å². The Bertz CT molecular complexity index is 302. The first-order chi connectivity index (χ1) is 6.67. The van der Waals surface area contributed by atoms with Gasteiger partial charge in [0.05, 0.1) is 0 Å². The van der Waals surface area contributed by atoms with Crippen molar-refractivity contribution in [1.82, 2.24) is 0 Å². The first-order valence-electron chi connectivity index (χ1n) is 4.07. The zero-order valence-corrected chi connectivity index (χ0v) is 7.47. The van der Waals surface area contributed by atoms with Crippen molar-refractivity contribution < 1.29 is 23.6 Å². The molecule has 1 rings (SSSR count). The Morgan fingerprint density at radius 1 is 1.29 bits per heavy atom. The molecule has 0 aliphatic carbocycles. The first kappa shape index (κ1) is 10.8. The van der Waals surface area contributed by atoms with Gasteiger partial charge in [0.2, 0.25) is 0 Å². The van der Waals surface area contributed by atoms with Gasteiger partial charge in [-0.2, -0.15) is 0 Å². The number of hydrogen-bond donors (Lipinski definition) is 1.